The van der Waals surface area contributed by atoms with Gasteiger partial charge in [0.2, 0.25) is 12.7 Å². The number of ether oxygens (including phenoxy) is 2. The first-order valence-corrected chi connectivity index (χ1v) is 7.11. The average Bonchev–Trinajstić information content (AvgIpc) is 3.13. The van der Waals surface area contributed by atoms with Gasteiger partial charge in [-0.2, -0.15) is 0 Å². The third-order valence-corrected chi connectivity index (χ3v) is 3.91. The summed E-state index contributed by atoms with van der Waals surface area (Å²) in [7, 11) is 1.87. The Labute approximate surface area is 118 Å². The second kappa shape index (κ2) is 5.71. The van der Waals surface area contributed by atoms with Crippen molar-refractivity contribution in [1.29, 1.82) is 0 Å². The van der Waals surface area contributed by atoms with E-state index in [4.69, 9.17) is 9.47 Å². The molecule has 0 spiro atoms. The monoisotopic (exact) mass is 276 g/mol. The summed E-state index contributed by atoms with van der Waals surface area (Å²) in [4.78, 5) is 14.0. The molecule has 0 aliphatic carbocycles. The average molecular weight is 276 g/mol. The molecule has 0 saturated carbocycles. The molecular formula is C15H20N2O3. The van der Waals surface area contributed by atoms with Crippen LogP contribution in [0.3, 0.4) is 0 Å². The van der Waals surface area contributed by atoms with Crippen LogP contribution in [0.25, 0.3) is 0 Å². The van der Waals surface area contributed by atoms with Gasteiger partial charge in [0.05, 0.1) is 6.04 Å². The highest BCUT2D eigenvalue weighted by molar-refractivity contribution is 5.81. The minimum Gasteiger partial charge on any atom is -0.454 e. The van der Waals surface area contributed by atoms with Crippen LogP contribution in [-0.2, 0) is 11.2 Å². The van der Waals surface area contributed by atoms with E-state index in [0.29, 0.717) is 6.79 Å². The largest absolute Gasteiger partial charge is 0.454 e. The van der Waals surface area contributed by atoms with Gasteiger partial charge in [-0.05, 0) is 43.5 Å². The van der Waals surface area contributed by atoms with E-state index in [9.17, 15) is 4.79 Å². The van der Waals surface area contributed by atoms with Gasteiger partial charge in [-0.15, -0.1) is 0 Å². The van der Waals surface area contributed by atoms with Crippen molar-refractivity contribution in [3.63, 3.8) is 0 Å². The normalized spacial score (nSPS) is 20.1. The molecule has 3 rings (SSSR count). The summed E-state index contributed by atoms with van der Waals surface area (Å²) in [6.45, 7) is 1.97. The highest BCUT2D eigenvalue weighted by atomic mass is 16.7. The zero-order valence-corrected chi connectivity index (χ0v) is 11.7. The number of rotatable bonds is 4. The number of benzene rings is 1. The number of carbonyl (C=O) groups is 1. The fourth-order valence-electron chi connectivity index (χ4n) is 2.66. The molecule has 20 heavy (non-hydrogen) atoms. The smallest absolute Gasteiger partial charge is 0.239 e. The molecule has 0 bridgehead atoms. The first kappa shape index (κ1) is 13.2. The van der Waals surface area contributed by atoms with Gasteiger partial charge in [-0.1, -0.05) is 6.07 Å². The molecule has 2 heterocycles. The minimum absolute atomic E-state index is 0.0109. The lowest BCUT2D eigenvalue weighted by atomic mass is 10.1. The molecule has 1 saturated heterocycles. The van der Waals surface area contributed by atoms with Gasteiger partial charge in [0.1, 0.15) is 0 Å². The SMILES string of the molecule is CN(CCc1ccc2c(c1)OCO2)C(=O)C1CCCN1. The van der Waals surface area contributed by atoms with E-state index in [1.807, 2.05) is 30.1 Å². The van der Waals surface area contributed by atoms with Gasteiger partial charge in [-0.25, -0.2) is 0 Å². The number of fused-ring (bicyclic) bond motifs is 1. The molecule has 1 amide bonds. The lowest BCUT2D eigenvalue weighted by molar-refractivity contribution is -0.131. The van der Waals surface area contributed by atoms with Crippen LogP contribution in [0.4, 0.5) is 0 Å². The highest BCUT2D eigenvalue weighted by Crippen LogP contribution is 2.32. The van der Waals surface area contributed by atoms with Gasteiger partial charge in [0, 0.05) is 13.6 Å². The lowest BCUT2D eigenvalue weighted by Gasteiger charge is -2.21. The standard InChI is InChI=1S/C15H20N2O3/c1-17(15(18)12-3-2-7-16-12)8-6-11-4-5-13-14(9-11)20-10-19-13/h4-5,9,12,16H,2-3,6-8,10H2,1H3. The van der Waals surface area contributed by atoms with Crippen molar-refractivity contribution in [2.24, 2.45) is 0 Å². The van der Waals surface area contributed by atoms with Crippen molar-refractivity contribution >= 4 is 5.91 Å². The molecule has 2 aliphatic rings. The molecule has 5 nitrogen and oxygen atoms in total. The van der Waals surface area contributed by atoms with E-state index in [1.165, 1.54) is 0 Å². The Bertz CT molecular complexity index is 498. The summed E-state index contributed by atoms with van der Waals surface area (Å²) in [5.74, 6) is 1.80. The third-order valence-electron chi connectivity index (χ3n) is 3.91. The molecule has 2 aliphatic heterocycles. The maximum Gasteiger partial charge on any atom is 0.239 e. The molecular weight excluding hydrogens is 256 g/mol. The Morgan fingerprint density at radius 2 is 2.25 bits per heavy atom. The maximum absolute atomic E-state index is 12.2. The molecule has 1 aromatic rings. The Hall–Kier alpha value is -1.75. The Kier molecular flexibility index (Phi) is 3.78. The lowest BCUT2D eigenvalue weighted by Crippen LogP contribution is -2.42. The first-order valence-electron chi connectivity index (χ1n) is 7.11. The van der Waals surface area contributed by atoms with Crippen LogP contribution < -0.4 is 14.8 Å². The first-order chi connectivity index (χ1) is 9.74. The highest BCUT2D eigenvalue weighted by Gasteiger charge is 2.24. The predicted molar refractivity (Wildman–Crippen MR) is 74.9 cm³/mol. The van der Waals surface area contributed by atoms with Crippen LogP contribution in [-0.4, -0.2) is 43.8 Å². The fraction of sp³-hybridized carbons (Fsp3) is 0.533. The summed E-state index contributed by atoms with van der Waals surface area (Å²) in [6.07, 6.45) is 2.87. The van der Waals surface area contributed by atoms with E-state index in [1.54, 1.807) is 0 Å². The third kappa shape index (κ3) is 2.72. The molecule has 0 aromatic heterocycles. The van der Waals surface area contributed by atoms with Crippen molar-refractivity contribution in [1.82, 2.24) is 10.2 Å². The predicted octanol–water partition coefficient (Wildman–Crippen LogP) is 1.17. The van der Waals surface area contributed by atoms with E-state index in [2.05, 4.69) is 5.32 Å². The summed E-state index contributed by atoms with van der Waals surface area (Å²) in [6, 6.07) is 5.96. The fourth-order valence-corrected chi connectivity index (χ4v) is 2.66. The summed E-state index contributed by atoms with van der Waals surface area (Å²) >= 11 is 0. The summed E-state index contributed by atoms with van der Waals surface area (Å²) in [5, 5.41) is 3.24. The topological polar surface area (TPSA) is 50.8 Å². The molecule has 1 unspecified atom stereocenters. The number of carbonyl (C=O) groups excluding carboxylic acids is 1. The number of nitrogens with zero attached hydrogens (tertiary/aromatic N) is 1. The quantitative estimate of drug-likeness (QED) is 0.897. The molecule has 1 aromatic carbocycles. The van der Waals surface area contributed by atoms with E-state index >= 15 is 0 Å². The molecule has 1 N–H and O–H groups in total. The van der Waals surface area contributed by atoms with Gasteiger partial charge in [-0.3, -0.25) is 4.79 Å². The van der Waals surface area contributed by atoms with Crippen LogP contribution in [0.5, 0.6) is 11.5 Å². The molecule has 1 atom stereocenters. The number of hydrogen-bond donors (Lipinski definition) is 1. The van der Waals surface area contributed by atoms with Crippen LogP contribution in [0.1, 0.15) is 18.4 Å². The number of amides is 1. The zero-order valence-electron chi connectivity index (χ0n) is 11.7. The number of likely N-dealkylation sites (N-methyl/N-ethyl adjacent to an activating group) is 1. The Morgan fingerprint density at radius 1 is 1.40 bits per heavy atom. The second-order valence-corrected chi connectivity index (χ2v) is 5.35. The molecule has 1 fully saturated rings. The summed E-state index contributed by atoms with van der Waals surface area (Å²) < 4.78 is 10.7. The minimum atomic E-state index is 0.0109. The van der Waals surface area contributed by atoms with E-state index < -0.39 is 0 Å². The Balaban J connectivity index is 1.54. The number of nitrogens with one attached hydrogen (secondary N) is 1. The van der Waals surface area contributed by atoms with Crippen molar-refractivity contribution in [3.05, 3.63) is 23.8 Å². The van der Waals surface area contributed by atoms with Gasteiger partial charge < -0.3 is 19.7 Å². The Morgan fingerprint density at radius 3 is 3.05 bits per heavy atom. The van der Waals surface area contributed by atoms with E-state index in [0.717, 1.165) is 49.4 Å². The van der Waals surface area contributed by atoms with Crippen LogP contribution in [0, 0.1) is 0 Å². The molecule has 5 heteroatoms. The second-order valence-electron chi connectivity index (χ2n) is 5.35. The molecule has 108 valence electrons. The van der Waals surface area contributed by atoms with Crippen molar-refractivity contribution in [2.45, 2.75) is 25.3 Å². The van der Waals surface area contributed by atoms with Gasteiger partial charge in [0.25, 0.3) is 0 Å². The van der Waals surface area contributed by atoms with Crippen molar-refractivity contribution in [3.8, 4) is 11.5 Å². The maximum atomic E-state index is 12.2. The van der Waals surface area contributed by atoms with Gasteiger partial charge >= 0.3 is 0 Å². The van der Waals surface area contributed by atoms with Crippen molar-refractivity contribution in [2.75, 3.05) is 26.9 Å². The van der Waals surface area contributed by atoms with Crippen LogP contribution in [0.15, 0.2) is 18.2 Å². The van der Waals surface area contributed by atoms with Crippen LogP contribution >= 0.6 is 0 Å². The van der Waals surface area contributed by atoms with Crippen molar-refractivity contribution < 1.29 is 14.3 Å². The molecule has 0 radical (unpaired) electrons. The van der Waals surface area contributed by atoms with Gasteiger partial charge in [0.15, 0.2) is 11.5 Å². The number of hydrogen-bond acceptors (Lipinski definition) is 4. The van der Waals surface area contributed by atoms with E-state index in [-0.39, 0.29) is 11.9 Å². The summed E-state index contributed by atoms with van der Waals surface area (Å²) in [5.41, 5.74) is 1.16. The van der Waals surface area contributed by atoms with Crippen LogP contribution in [0.2, 0.25) is 0 Å². The zero-order chi connectivity index (χ0) is 13.9.